The number of carboxylic acids is 1. The summed E-state index contributed by atoms with van der Waals surface area (Å²) in [6, 6.07) is -1.63. The van der Waals surface area contributed by atoms with Crippen molar-refractivity contribution in [1.82, 2.24) is 4.90 Å². The predicted octanol–water partition coefficient (Wildman–Crippen LogP) is 1.65. The minimum Gasteiger partial charge on any atom is -0.480 e. The molecule has 1 aliphatic heterocycles. The van der Waals surface area contributed by atoms with E-state index in [0.717, 1.165) is 0 Å². The molecule has 0 aliphatic carbocycles. The van der Waals surface area contributed by atoms with Gasteiger partial charge in [-0.1, -0.05) is 0 Å². The fourth-order valence-corrected chi connectivity index (χ4v) is 1.73. The van der Waals surface area contributed by atoms with Crippen molar-refractivity contribution in [1.29, 1.82) is 0 Å². The van der Waals surface area contributed by atoms with E-state index in [1.165, 1.54) is 0 Å². The number of carboxylic acid groups (broad SMARTS) is 1. The van der Waals surface area contributed by atoms with E-state index in [9.17, 15) is 31.5 Å². The molecule has 0 bridgehead atoms. The van der Waals surface area contributed by atoms with E-state index in [2.05, 4.69) is 0 Å². The molecule has 0 aromatic heterocycles. The van der Waals surface area contributed by atoms with E-state index < -0.39 is 36.6 Å². The minimum absolute atomic E-state index is 0.0966. The summed E-state index contributed by atoms with van der Waals surface area (Å²) in [6.45, 7) is -0.415. The molecule has 1 amide bonds. The van der Waals surface area contributed by atoms with Crippen LogP contribution in [-0.4, -0.2) is 46.6 Å². The van der Waals surface area contributed by atoms with Crippen molar-refractivity contribution in [3.8, 4) is 0 Å². The van der Waals surface area contributed by atoms with Crippen LogP contribution >= 0.6 is 0 Å². The maximum Gasteiger partial charge on any atom is 0.463 e. The molecule has 104 valence electrons. The average Bonchev–Trinajstić information content (AvgIpc) is 2.26. The van der Waals surface area contributed by atoms with Crippen molar-refractivity contribution >= 4 is 11.9 Å². The molecule has 0 spiro atoms. The molecular formula is C9H10F5NO3. The number of hydrogen-bond donors (Lipinski definition) is 1. The number of halogens is 5. The van der Waals surface area contributed by atoms with Gasteiger partial charge in [0.15, 0.2) is 0 Å². The third-order valence-corrected chi connectivity index (χ3v) is 2.67. The molecule has 18 heavy (non-hydrogen) atoms. The maximum absolute atomic E-state index is 12.8. The number of hydrogen-bond acceptors (Lipinski definition) is 2. The number of nitrogens with zero attached hydrogens (tertiary/aromatic N) is 1. The molecule has 0 unspecified atom stereocenters. The highest BCUT2D eigenvalue weighted by atomic mass is 19.4. The van der Waals surface area contributed by atoms with Crippen molar-refractivity contribution in [2.24, 2.45) is 0 Å². The lowest BCUT2D eigenvalue weighted by Crippen LogP contribution is -2.58. The third kappa shape index (κ3) is 2.54. The molecule has 1 atom stereocenters. The SMILES string of the molecule is O=C(O)[C@@H]1CCCCN1C(=O)C(F)(F)C(F)(F)F. The molecule has 0 saturated carbocycles. The van der Waals surface area contributed by atoms with Crippen molar-refractivity contribution in [2.75, 3.05) is 6.54 Å². The van der Waals surface area contributed by atoms with E-state index in [0.29, 0.717) is 6.42 Å². The summed E-state index contributed by atoms with van der Waals surface area (Å²) < 4.78 is 61.7. The fourth-order valence-electron chi connectivity index (χ4n) is 1.73. The summed E-state index contributed by atoms with van der Waals surface area (Å²) in [6.07, 6.45) is -5.60. The molecule has 9 heteroatoms. The van der Waals surface area contributed by atoms with Crippen LogP contribution in [0.2, 0.25) is 0 Å². The van der Waals surface area contributed by atoms with Gasteiger partial charge in [-0.3, -0.25) is 4.79 Å². The molecule has 1 fully saturated rings. The van der Waals surface area contributed by atoms with Crippen LogP contribution in [0.4, 0.5) is 22.0 Å². The Morgan fingerprint density at radius 1 is 1.11 bits per heavy atom. The second-order valence-corrected chi connectivity index (χ2v) is 3.92. The van der Waals surface area contributed by atoms with E-state index in [4.69, 9.17) is 5.11 Å². The van der Waals surface area contributed by atoms with Gasteiger partial charge in [0.05, 0.1) is 0 Å². The number of likely N-dealkylation sites (tertiary alicyclic amines) is 1. The summed E-state index contributed by atoms with van der Waals surface area (Å²) in [7, 11) is 0. The number of amides is 1. The zero-order chi connectivity index (χ0) is 14.1. The van der Waals surface area contributed by atoms with Crippen LogP contribution in [0.15, 0.2) is 0 Å². The first-order valence-corrected chi connectivity index (χ1v) is 5.07. The van der Waals surface area contributed by atoms with E-state index in [1.807, 2.05) is 0 Å². The number of rotatable bonds is 2. The predicted molar refractivity (Wildman–Crippen MR) is 48.0 cm³/mol. The van der Waals surface area contributed by atoms with Crippen LogP contribution in [0.1, 0.15) is 19.3 Å². The van der Waals surface area contributed by atoms with Gasteiger partial charge in [0, 0.05) is 6.54 Å². The van der Waals surface area contributed by atoms with Gasteiger partial charge in [-0.2, -0.15) is 22.0 Å². The second-order valence-electron chi connectivity index (χ2n) is 3.92. The molecule has 4 nitrogen and oxygen atoms in total. The Balaban J connectivity index is 2.97. The topological polar surface area (TPSA) is 57.6 Å². The van der Waals surface area contributed by atoms with Crippen molar-refractivity contribution in [3.63, 3.8) is 0 Å². The molecule has 1 aliphatic rings. The van der Waals surface area contributed by atoms with Gasteiger partial charge >= 0.3 is 24.0 Å². The van der Waals surface area contributed by atoms with Crippen LogP contribution in [0.3, 0.4) is 0 Å². The van der Waals surface area contributed by atoms with Crippen molar-refractivity contribution < 1.29 is 36.6 Å². The van der Waals surface area contributed by atoms with Crippen LogP contribution in [0.5, 0.6) is 0 Å². The monoisotopic (exact) mass is 275 g/mol. The Morgan fingerprint density at radius 2 is 1.67 bits per heavy atom. The van der Waals surface area contributed by atoms with E-state index in [1.54, 1.807) is 0 Å². The van der Waals surface area contributed by atoms with E-state index >= 15 is 0 Å². The fraction of sp³-hybridized carbons (Fsp3) is 0.778. The van der Waals surface area contributed by atoms with Gasteiger partial charge in [0.1, 0.15) is 6.04 Å². The first-order chi connectivity index (χ1) is 8.09. The van der Waals surface area contributed by atoms with Gasteiger partial charge < -0.3 is 10.0 Å². The van der Waals surface area contributed by atoms with Gasteiger partial charge in [-0.05, 0) is 19.3 Å². The molecular weight excluding hydrogens is 265 g/mol. The molecule has 1 heterocycles. The molecule has 1 N–H and O–H groups in total. The molecule has 0 radical (unpaired) electrons. The molecule has 0 aromatic carbocycles. The normalized spacial score (nSPS) is 21.8. The highest BCUT2D eigenvalue weighted by Gasteiger charge is 2.65. The minimum atomic E-state index is -6.02. The summed E-state index contributed by atoms with van der Waals surface area (Å²) in [5.74, 6) is -9.64. The summed E-state index contributed by atoms with van der Waals surface area (Å²) >= 11 is 0. The highest BCUT2D eigenvalue weighted by Crippen LogP contribution is 2.38. The first kappa shape index (κ1) is 14.7. The summed E-state index contributed by atoms with van der Waals surface area (Å²) in [5.41, 5.74) is 0. The Morgan fingerprint density at radius 3 is 2.11 bits per heavy atom. The zero-order valence-corrected chi connectivity index (χ0v) is 9.01. The van der Waals surface area contributed by atoms with Crippen molar-refractivity contribution in [3.05, 3.63) is 0 Å². The largest absolute Gasteiger partial charge is 0.480 e. The second kappa shape index (κ2) is 4.69. The van der Waals surface area contributed by atoms with Crippen LogP contribution in [0, 0.1) is 0 Å². The standard InChI is InChI=1S/C9H10F5NO3/c10-8(11,9(12,13)14)7(18)15-4-2-1-3-5(15)6(16)17/h5H,1-4H2,(H,16,17)/t5-/m0/s1. The van der Waals surface area contributed by atoms with E-state index in [-0.39, 0.29) is 17.7 Å². The first-order valence-electron chi connectivity index (χ1n) is 5.07. The highest BCUT2D eigenvalue weighted by molar-refractivity contribution is 5.89. The Labute approximate surface area is 98.4 Å². The molecule has 0 aromatic rings. The Bertz CT molecular complexity index is 355. The Kier molecular flexibility index (Phi) is 3.82. The van der Waals surface area contributed by atoms with Crippen LogP contribution < -0.4 is 0 Å². The summed E-state index contributed by atoms with van der Waals surface area (Å²) in [5, 5.41) is 8.71. The quantitative estimate of drug-likeness (QED) is 0.779. The van der Waals surface area contributed by atoms with Crippen LogP contribution in [0.25, 0.3) is 0 Å². The van der Waals surface area contributed by atoms with Crippen molar-refractivity contribution in [2.45, 2.75) is 37.4 Å². The number of alkyl halides is 5. The Hall–Kier alpha value is -1.41. The zero-order valence-electron chi connectivity index (χ0n) is 9.01. The number of carbonyl (C=O) groups is 2. The molecule has 1 rings (SSSR count). The smallest absolute Gasteiger partial charge is 0.463 e. The van der Waals surface area contributed by atoms with Gasteiger partial charge in [0.25, 0.3) is 0 Å². The maximum atomic E-state index is 12.8. The van der Waals surface area contributed by atoms with Gasteiger partial charge in [-0.25, -0.2) is 4.79 Å². The number of aliphatic carboxylic acids is 1. The lowest BCUT2D eigenvalue weighted by molar-refractivity contribution is -0.275. The molecule has 1 saturated heterocycles. The summed E-state index contributed by atoms with van der Waals surface area (Å²) in [4.78, 5) is 22.0. The average molecular weight is 275 g/mol. The number of carbonyl (C=O) groups excluding carboxylic acids is 1. The third-order valence-electron chi connectivity index (χ3n) is 2.67. The van der Waals surface area contributed by atoms with Gasteiger partial charge in [-0.15, -0.1) is 0 Å². The lowest BCUT2D eigenvalue weighted by Gasteiger charge is -2.35. The number of piperidine rings is 1. The van der Waals surface area contributed by atoms with Crippen LogP contribution in [-0.2, 0) is 9.59 Å². The lowest BCUT2D eigenvalue weighted by atomic mass is 10.0. The van der Waals surface area contributed by atoms with Gasteiger partial charge in [0.2, 0.25) is 0 Å².